The Labute approximate surface area is 281 Å². The Balaban J connectivity index is 3.04. The van der Waals surface area contributed by atoms with Gasteiger partial charge >= 0.3 is 5.97 Å². The van der Waals surface area contributed by atoms with Crippen molar-refractivity contribution in [2.45, 2.75) is 32.6 Å². The molecule has 0 saturated heterocycles. The van der Waals surface area contributed by atoms with Crippen LogP contribution in [-0.4, -0.2) is 183 Å². The van der Waals surface area contributed by atoms with Gasteiger partial charge in [-0.25, -0.2) is 4.79 Å². The van der Waals surface area contributed by atoms with Gasteiger partial charge in [-0.05, 0) is 6.42 Å². The van der Waals surface area contributed by atoms with Crippen molar-refractivity contribution in [1.29, 1.82) is 0 Å². The zero-order chi connectivity index (χ0) is 34.0. The van der Waals surface area contributed by atoms with Crippen LogP contribution in [0.5, 0.6) is 0 Å². The molecule has 0 amide bonds. The predicted octanol–water partition coefficient (Wildman–Crippen LogP) is 1.87. The van der Waals surface area contributed by atoms with Crippen LogP contribution in [0.4, 0.5) is 0 Å². The van der Waals surface area contributed by atoms with E-state index in [4.69, 9.17) is 66.7 Å². The molecule has 0 aliphatic carbocycles. The molecule has 0 saturated carbocycles. The largest absolute Gasteiger partial charge is 0.480 e. The lowest BCUT2D eigenvalue weighted by Gasteiger charge is -2.09. The Morgan fingerprint density at radius 1 is 0.319 bits per heavy atom. The molecular formula is C32H64O15. The number of carboxylic acid groups (broad SMARTS) is 1. The standard InChI is InChI=1S/C32H64O15/c1-2-3-4-5-6-35-7-8-36-9-10-37-11-12-38-13-14-39-15-16-40-17-18-41-19-20-42-21-22-43-23-24-44-25-26-45-27-28-46-29-30-47-31-32(33)34/h2-31H2,1H3,(H,33,34). The molecule has 15 heteroatoms. The molecule has 15 nitrogen and oxygen atoms in total. The van der Waals surface area contributed by atoms with Crippen molar-refractivity contribution in [3.8, 4) is 0 Å². The van der Waals surface area contributed by atoms with E-state index in [2.05, 4.69) is 6.92 Å². The zero-order valence-corrected chi connectivity index (χ0v) is 28.9. The summed E-state index contributed by atoms with van der Waals surface area (Å²) < 4.78 is 70.2. The summed E-state index contributed by atoms with van der Waals surface area (Å²) in [6.45, 7) is 14.4. The minimum Gasteiger partial charge on any atom is -0.480 e. The zero-order valence-electron chi connectivity index (χ0n) is 28.9. The molecule has 282 valence electrons. The summed E-state index contributed by atoms with van der Waals surface area (Å²) in [5.41, 5.74) is 0. The van der Waals surface area contributed by atoms with E-state index in [-0.39, 0.29) is 13.2 Å². The van der Waals surface area contributed by atoms with Crippen molar-refractivity contribution in [1.82, 2.24) is 0 Å². The van der Waals surface area contributed by atoms with E-state index < -0.39 is 5.97 Å². The SMILES string of the molecule is CCCCCCOCCOCCOCCOCCOCCOCCOCCOCCOCCOCCOCCOCCOCC(=O)O. The highest BCUT2D eigenvalue weighted by Gasteiger charge is 1.98. The predicted molar refractivity (Wildman–Crippen MR) is 172 cm³/mol. The van der Waals surface area contributed by atoms with Crippen LogP contribution in [0.25, 0.3) is 0 Å². The van der Waals surface area contributed by atoms with Crippen LogP contribution < -0.4 is 0 Å². The number of hydrogen-bond acceptors (Lipinski definition) is 14. The van der Waals surface area contributed by atoms with Gasteiger partial charge in [0.2, 0.25) is 0 Å². The average Bonchev–Trinajstić information content (AvgIpc) is 3.07. The smallest absolute Gasteiger partial charge is 0.329 e. The molecule has 0 aliphatic heterocycles. The van der Waals surface area contributed by atoms with Crippen LogP contribution >= 0.6 is 0 Å². The van der Waals surface area contributed by atoms with E-state index in [0.29, 0.717) is 152 Å². The summed E-state index contributed by atoms with van der Waals surface area (Å²) in [6.07, 6.45) is 4.88. The third kappa shape index (κ3) is 44.9. The lowest BCUT2D eigenvalue weighted by atomic mass is 10.2. The number of carboxylic acids is 1. The third-order valence-corrected chi connectivity index (χ3v) is 5.83. The Morgan fingerprint density at radius 2 is 0.532 bits per heavy atom. The first-order valence-corrected chi connectivity index (χ1v) is 17.0. The molecule has 0 rings (SSSR count). The maximum atomic E-state index is 10.3. The van der Waals surface area contributed by atoms with E-state index in [0.717, 1.165) is 13.0 Å². The average molecular weight is 689 g/mol. The monoisotopic (exact) mass is 688 g/mol. The Bertz CT molecular complexity index is 589. The molecule has 0 radical (unpaired) electrons. The molecule has 0 spiro atoms. The van der Waals surface area contributed by atoms with Crippen molar-refractivity contribution in [2.24, 2.45) is 0 Å². The lowest BCUT2D eigenvalue weighted by molar-refractivity contribution is -0.142. The van der Waals surface area contributed by atoms with Crippen LogP contribution in [0.3, 0.4) is 0 Å². The second-order valence-electron chi connectivity index (χ2n) is 9.86. The summed E-state index contributed by atoms with van der Waals surface area (Å²) >= 11 is 0. The molecule has 0 fully saturated rings. The molecule has 0 bridgehead atoms. The van der Waals surface area contributed by atoms with Crippen LogP contribution in [0.15, 0.2) is 0 Å². The maximum Gasteiger partial charge on any atom is 0.329 e. The highest BCUT2D eigenvalue weighted by atomic mass is 16.6. The third-order valence-electron chi connectivity index (χ3n) is 5.83. The van der Waals surface area contributed by atoms with Crippen LogP contribution in [0.1, 0.15) is 32.6 Å². The molecule has 0 aromatic rings. The first-order chi connectivity index (χ1) is 23.3. The minimum atomic E-state index is -0.996. The normalized spacial score (nSPS) is 11.5. The number of hydrogen-bond donors (Lipinski definition) is 1. The van der Waals surface area contributed by atoms with Gasteiger partial charge in [0.15, 0.2) is 0 Å². The summed E-state index contributed by atoms with van der Waals surface area (Å²) in [5, 5.41) is 8.43. The summed E-state index contributed by atoms with van der Waals surface area (Å²) in [6, 6.07) is 0. The first-order valence-electron chi connectivity index (χ1n) is 17.0. The van der Waals surface area contributed by atoms with Crippen LogP contribution in [-0.2, 0) is 66.4 Å². The number of unbranched alkanes of at least 4 members (excludes halogenated alkanes) is 3. The van der Waals surface area contributed by atoms with Crippen molar-refractivity contribution in [3.63, 3.8) is 0 Å². The topological polar surface area (TPSA) is 157 Å². The van der Waals surface area contributed by atoms with Crippen molar-refractivity contribution in [3.05, 3.63) is 0 Å². The van der Waals surface area contributed by atoms with Gasteiger partial charge < -0.3 is 66.7 Å². The minimum absolute atomic E-state index is 0.242. The van der Waals surface area contributed by atoms with Gasteiger partial charge in [0.25, 0.3) is 0 Å². The fourth-order valence-electron chi connectivity index (χ4n) is 3.43. The van der Waals surface area contributed by atoms with Gasteiger partial charge in [0, 0.05) is 6.61 Å². The summed E-state index contributed by atoms with van der Waals surface area (Å²) in [4.78, 5) is 10.3. The summed E-state index contributed by atoms with van der Waals surface area (Å²) in [7, 11) is 0. The number of aliphatic carboxylic acids is 1. The number of ether oxygens (including phenoxy) is 13. The lowest BCUT2D eigenvalue weighted by Crippen LogP contribution is -2.15. The van der Waals surface area contributed by atoms with E-state index in [1.54, 1.807) is 0 Å². The van der Waals surface area contributed by atoms with Crippen LogP contribution in [0.2, 0.25) is 0 Å². The van der Waals surface area contributed by atoms with Crippen LogP contribution in [0, 0.1) is 0 Å². The van der Waals surface area contributed by atoms with Crippen molar-refractivity contribution in [2.75, 3.05) is 172 Å². The molecule has 0 aromatic heterocycles. The highest BCUT2D eigenvalue weighted by Crippen LogP contribution is 1.98. The second-order valence-corrected chi connectivity index (χ2v) is 9.86. The Hall–Kier alpha value is -1.05. The number of rotatable bonds is 43. The van der Waals surface area contributed by atoms with Gasteiger partial charge in [0.1, 0.15) is 6.61 Å². The van der Waals surface area contributed by atoms with Gasteiger partial charge in [-0.15, -0.1) is 0 Å². The fraction of sp³-hybridized carbons (Fsp3) is 0.969. The molecular weight excluding hydrogens is 624 g/mol. The second kappa shape index (κ2) is 43.0. The van der Waals surface area contributed by atoms with Gasteiger partial charge in [0.05, 0.1) is 159 Å². The van der Waals surface area contributed by atoms with E-state index in [1.165, 1.54) is 19.3 Å². The molecule has 0 unspecified atom stereocenters. The van der Waals surface area contributed by atoms with E-state index in [1.807, 2.05) is 0 Å². The molecule has 0 heterocycles. The number of carbonyl (C=O) groups is 1. The van der Waals surface area contributed by atoms with Crippen molar-refractivity contribution >= 4 is 5.97 Å². The molecule has 0 aliphatic rings. The molecule has 1 N–H and O–H groups in total. The molecule has 0 atom stereocenters. The quantitative estimate of drug-likeness (QED) is 0.0926. The molecule has 0 aromatic carbocycles. The van der Waals surface area contributed by atoms with Gasteiger partial charge in [-0.3, -0.25) is 0 Å². The van der Waals surface area contributed by atoms with Crippen molar-refractivity contribution < 1.29 is 71.5 Å². The summed E-state index contributed by atoms with van der Waals surface area (Å²) in [5.74, 6) is -0.996. The van der Waals surface area contributed by atoms with Gasteiger partial charge in [-0.2, -0.15) is 0 Å². The Morgan fingerprint density at radius 3 is 0.745 bits per heavy atom. The Kier molecular flexibility index (Phi) is 42.0. The first kappa shape index (κ1) is 46.0. The fourth-order valence-corrected chi connectivity index (χ4v) is 3.43. The highest BCUT2D eigenvalue weighted by molar-refractivity contribution is 5.67. The van der Waals surface area contributed by atoms with E-state index >= 15 is 0 Å². The maximum absolute atomic E-state index is 10.3. The molecule has 47 heavy (non-hydrogen) atoms. The van der Waals surface area contributed by atoms with E-state index in [9.17, 15) is 4.79 Å². The van der Waals surface area contributed by atoms with Gasteiger partial charge in [-0.1, -0.05) is 26.2 Å².